The smallest absolute Gasteiger partial charge is 0.269 e. The van der Waals surface area contributed by atoms with Gasteiger partial charge in [0.15, 0.2) is 0 Å². The van der Waals surface area contributed by atoms with Crippen LogP contribution in [-0.4, -0.2) is 4.92 Å². The first-order valence-electron chi connectivity index (χ1n) is 8.29. The Morgan fingerprint density at radius 2 is 1.78 bits per heavy atom. The van der Waals surface area contributed by atoms with Crippen LogP contribution in [0, 0.1) is 21.4 Å². The van der Waals surface area contributed by atoms with Gasteiger partial charge in [-0.15, -0.1) is 0 Å². The van der Waals surface area contributed by atoms with Gasteiger partial charge in [0.1, 0.15) is 12.4 Å². The molecule has 0 aromatic heterocycles. The van der Waals surface area contributed by atoms with Gasteiger partial charge in [0.25, 0.3) is 5.69 Å². The van der Waals surface area contributed by atoms with E-state index in [1.165, 1.54) is 12.1 Å². The lowest BCUT2D eigenvalue weighted by Gasteiger charge is -2.07. The predicted octanol–water partition coefficient (Wildman–Crippen LogP) is 5.24. The van der Waals surface area contributed by atoms with Crippen molar-refractivity contribution in [2.45, 2.75) is 6.61 Å². The van der Waals surface area contributed by atoms with Crippen LogP contribution in [0.4, 0.5) is 5.69 Å². The predicted molar refractivity (Wildman–Crippen MR) is 104 cm³/mol. The summed E-state index contributed by atoms with van der Waals surface area (Å²) < 4.78 is 5.81. The molecule has 0 aliphatic heterocycles. The van der Waals surface area contributed by atoms with Crippen LogP contribution in [0.5, 0.6) is 5.75 Å². The van der Waals surface area contributed by atoms with Gasteiger partial charge in [0.2, 0.25) is 0 Å². The molecule has 132 valence electrons. The second-order valence-corrected chi connectivity index (χ2v) is 5.82. The van der Waals surface area contributed by atoms with Gasteiger partial charge in [-0.3, -0.25) is 10.1 Å². The highest BCUT2D eigenvalue weighted by Crippen LogP contribution is 2.23. The van der Waals surface area contributed by atoms with Crippen LogP contribution in [-0.2, 0) is 6.61 Å². The fraction of sp³-hybridized carbons (Fsp3) is 0.0455. The molecular formula is C22H16N2O3. The third-order valence-corrected chi connectivity index (χ3v) is 3.93. The summed E-state index contributed by atoms with van der Waals surface area (Å²) in [5, 5.41) is 20.2. The number of nitro benzene ring substituents is 1. The van der Waals surface area contributed by atoms with E-state index in [1.807, 2.05) is 54.6 Å². The average Bonchev–Trinajstić information content (AvgIpc) is 2.71. The Hall–Kier alpha value is -3.91. The summed E-state index contributed by atoms with van der Waals surface area (Å²) in [6.07, 6.45) is 1.73. The molecule has 0 unspecified atom stereocenters. The summed E-state index contributed by atoms with van der Waals surface area (Å²) in [6.45, 7) is 0.460. The largest absolute Gasteiger partial charge is 0.489 e. The molecule has 0 radical (unpaired) electrons. The third kappa shape index (κ3) is 4.80. The fourth-order valence-corrected chi connectivity index (χ4v) is 2.54. The quantitative estimate of drug-likeness (QED) is 0.262. The highest BCUT2D eigenvalue weighted by Gasteiger charge is 2.07. The van der Waals surface area contributed by atoms with Gasteiger partial charge in [0, 0.05) is 12.1 Å². The van der Waals surface area contributed by atoms with Crippen molar-refractivity contribution in [2.24, 2.45) is 0 Å². The molecule has 0 N–H and O–H groups in total. The van der Waals surface area contributed by atoms with E-state index >= 15 is 0 Å². The average molecular weight is 356 g/mol. The van der Waals surface area contributed by atoms with Crippen molar-refractivity contribution in [3.63, 3.8) is 0 Å². The highest BCUT2D eigenvalue weighted by molar-refractivity contribution is 5.89. The summed E-state index contributed by atoms with van der Waals surface area (Å²) in [5.74, 6) is 0.702. The zero-order valence-corrected chi connectivity index (χ0v) is 14.4. The topological polar surface area (TPSA) is 76.2 Å². The van der Waals surface area contributed by atoms with Crippen LogP contribution < -0.4 is 4.74 Å². The first-order valence-corrected chi connectivity index (χ1v) is 8.29. The van der Waals surface area contributed by atoms with Crippen LogP contribution in [0.2, 0.25) is 0 Å². The van der Waals surface area contributed by atoms with Crippen molar-refractivity contribution >= 4 is 17.3 Å². The summed E-state index contributed by atoms with van der Waals surface area (Å²) in [4.78, 5) is 10.3. The summed E-state index contributed by atoms with van der Waals surface area (Å²) in [6, 6.07) is 25.4. The minimum atomic E-state index is -0.465. The lowest BCUT2D eigenvalue weighted by Crippen LogP contribution is -1.95. The maximum absolute atomic E-state index is 10.8. The number of rotatable bonds is 6. The number of hydrogen-bond acceptors (Lipinski definition) is 4. The minimum absolute atomic E-state index is 0.00708. The molecule has 0 aliphatic carbocycles. The first-order chi connectivity index (χ1) is 13.2. The molecule has 5 nitrogen and oxygen atoms in total. The maximum Gasteiger partial charge on any atom is 0.269 e. The third-order valence-electron chi connectivity index (χ3n) is 3.93. The molecule has 0 saturated carbocycles. The van der Waals surface area contributed by atoms with Crippen LogP contribution in [0.3, 0.4) is 0 Å². The SMILES string of the molecule is N#CC(=Cc1cccc(OCc2ccccc2)c1)c1ccc([N+](=O)[O-])cc1. The van der Waals surface area contributed by atoms with Crippen molar-refractivity contribution in [3.8, 4) is 11.8 Å². The molecule has 0 heterocycles. The van der Waals surface area contributed by atoms with E-state index in [-0.39, 0.29) is 5.69 Å². The number of benzene rings is 3. The standard InChI is InChI=1S/C22H16N2O3/c23-15-20(19-9-11-21(12-10-19)24(25)26)13-18-7-4-8-22(14-18)27-16-17-5-2-1-3-6-17/h1-14H,16H2. The van der Waals surface area contributed by atoms with Gasteiger partial charge < -0.3 is 4.74 Å². The van der Waals surface area contributed by atoms with Gasteiger partial charge >= 0.3 is 0 Å². The number of allylic oxidation sites excluding steroid dienone is 1. The van der Waals surface area contributed by atoms with Crippen molar-refractivity contribution < 1.29 is 9.66 Å². The van der Waals surface area contributed by atoms with E-state index in [4.69, 9.17) is 4.74 Å². The van der Waals surface area contributed by atoms with E-state index in [0.29, 0.717) is 23.5 Å². The number of hydrogen-bond donors (Lipinski definition) is 0. The second-order valence-electron chi connectivity index (χ2n) is 5.82. The van der Waals surface area contributed by atoms with Gasteiger partial charge in [-0.1, -0.05) is 42.5 Å². The number of nitrogens with zero attached hydrogens (tertiary/aromatic N) is 2. The van der Waals surface area contributed by atoms with Gasteiger partial charge in [-0.25, -0.2) is 0 Å². The molecule has 0 spiro atoms. The zero-order chi connectivity index (χ0) is 19.1. The number of nitro groups is 1. The molecule has 27 heavy (non-hydrogen) atoms. The Labute approximate surface area is 156 Å². The van der Waals surface area contributed by atoms with E-state index in [0.717, 1.165) is 11.1 Å². The second kappa shape index (κ2) is 8.45. The Morgan fingerprint density at radius 3 is 2.44 bits per heavy atom. The molecule has 0 amide bonds. The van der Waals surface area contributed by atoms with Crippen molar-refractivity contribution in [1.29, 1.82) is 5.26 Å². The number of nitriles is 1. The zero-order valence-electron chi connectivity index (χ0n) is 14.4. The Balaban J connectivity index is 1.78. The molecule has 0 aliphatic rings. The first kappa shape index (κ1) is 17.9. The van der Waals surface area contributed by atoms with Gasteiger partial charge in [0.05, 0.1) is 16.6 Å². The molecule has 0 bridgehead atoms. The van der Waals surface area contributed by atoms with Crippen LogP contribution in [0.1, 0.15) is 16.7 Å². The van der Waals surface area contributed by atoms with E-state index in [2.05, 4.69) is 6.07 Å². The lowest BCUT2D eigenvalue weighted by molar-refractivity contribution is -0.384. The molecular weight excluding hydrogens is 340 g/mol. The molecule has 0 atom stereocenters. The van der Waals surface area contributed by atoms with Gasteiger partial charge in [-0.05, 0) is 47.0 Å². The molecule has 3 aromatic rings. The van der Waals surface area contributed by atoms with Gasteiger partial charge in [-0.2, -0.15) is 5.26 Å². The summed E-state index contributed by atoms with van der Waals surface area (Å²) >= 11 is 0. The lowest BCUT2D eigenvalue weighted by atomic mass is 10.0. The normalized spacial score (nSPS) is 10.9. The van der Waals surface area contributed by atoms with Crippen molar-refractivity contribution in [2.75, 3.05) is 0 Å². The molecule has 3 rings (SSSR count). The number of non-ortho nitro benzene ring substituents is 1. The highest BCUT2D eigenvalue weighted by atomic mass is 16.6. The van der Waals surface area contributed by atoms with E-state index in [1.54, 1.807) is 18.2 Å². The fourth-order valence-electron chi connectivity index (χ4n) is 2.54. The maximum atomic E-state index is 10.8. The Morgan fingerprint density at radius 1 is 1.04 bits per heavy atom. The number of ether oxygens (including phenoxy) is 1. The molecule has 3 aromatic carbocycles. The Kier molecular flexibility index (Phi) is 5.60. The van der Waals surface area contributed by atoms with Crippen molar-refractivity contribution in [3.05, 3.63) is 106 Å². The molecule has 5 heteroatoms. The van der Waals surface area contributed by atoms with Crippen molar-refractivity contribution in [1.82, 2.24) is 0 Å². The van der Waals surface area contributed by atoms with E-state index in [9.17, 15) is 15.4 Å². The van der Waals surface area contributed by atoms with Crippen LogP contribution in [0.15, 0.2) is 78.9 Å². The summed E-state index contributed by atoms with van der Waals surface area (Å²) in [7, 11) is 0. The summed E-state index contributed by atoms with van der Waals surface area (Å²) in [5.41, 5.74) is 2.92. The Bertz CT molecular complexity index is 1000. The van der Waals surface area contributed by atoms with E-state index < -0.39 is 4.92 Å². The molecule has 0 fully saturated rings. The monoisotopic (exact) mass is 356 g/mol. The molecule has 0 saturated heterocycles. The minimum Gasteiger partial charge on any atom is -0.489 e. The van der Waals surface area contributed by atoms with Crippen LogP contribution in [0.25, 0.3) is 11.6 Å². The van der Waals surface area contributed by atoms with Crippen LogP contribution >= 0.6 is 0 Å².